The summed E-state index contributed by atoms with van der Waals surface area (Å²) in [5, 5.41) is 4.64. The van der Waals surface area contributed by atoms with Crippen molar-refractivity contribution in [1.29, 1.82) is 0 Å². The lowest BCUT2D eigenvalue weighted by atomic mass is 10.2. The van der Waals surface area contributed by atoms with E-state index in [0.29, 0.717) is 0 Å². The number of nitrogens with zero attached hydrogens (tertiary/aromatic N) is 2. The van der Waals surface area contributed by atoms with Crippen LogP contribution in [0.2, 0.25) is 0 Å². The summed E-state index contributed by atoms with van der Waals surface area (Å²) in [5.41, 5.74) is 2.49. The molecule has 100 valence electrons. The fraction of sp³-hybridized carbons (Fsp3) is 0.200. The summed E-state index contributed by atoms with van der Waals surface area (Å²) in [7, 11) is 0. The van der Waals surface area contributed by atoms with Crippen molar-refractivity contribution < 1.29 is 0 Å². The number of anilines is 2. The zero-order chi connectivity index (χ0) is 13.5. The van der Waals surface area contributed by atoms with E-state index in [1.165, 1.54) is 28.7 Å². The van der Waals surface area contributed by atoms with Crippen molar-refractivity contribution in [3.05, 3.63) is 45.5 Å². The smallest absolute Gasteiger partial charge is 0.142 e. The molecule has 0 saturated heterocycles. The molecule has 1 aliphatic carbocycles. The molecule has 0 spiro atoms. The van der Waals surface area contributed by atoms with Crippen LogP contribution in [0.1, 0.15) is 16.9 Å². The second kappa shape index (κ2) is 4.82. The normalized spacial score (nSPS) is 13.7. The Morgan fingerprint density at radius 3 is 3.05 bits per heavy atom. The van der Waals surface area contributed by atoms with Gasteiger partial charge >= 0.3 is 0 Å². The van der Waals surface area contributed by atoms with Crippen molar-refractivity contribution in [1.82, 2.24) is 9.97 Å². The van der Waals surface area contributed by atoms with E-state index < -0.39 is 0 Å². The quantitative estimate of drug-likeness (QED) is 0.732. The van der Waals surface area contributed by atoms with E-state index in [-0.39, 0.29) is 0 Å². The molecule has 20 heavy (non-hydrogen) atoms. The molecule has 1 aliphatic rings. The van der Waals surface area contributed by atoms with Crippen LogP contribution in [0.5, 0.6) is 0 Å². The van der Waals surface area contributed by atoms with E-state index >= 15 is 0 Å². The molecule has 0 radical (unpaired) electrons. The lowest BCUT2D eigenvalue weighted by molar-refractivity contribution is 0.917. The van der Waals surface area contributed by atoms with Crippen LogP contribution in [0.4, 0.5) is 11.5 Å². The predicted molar refractivity (Wildman–Crippen MR) is 86.9 cm³/mol. The summed E-state index contributed by atoms with van der Waals surface area (Å²) >= 11 is 5.31. The second-order valence-corrected chi connectivity index (χ2v) is 6.89. The van der Waals surface area contributed by atoms with E-state index in [1.54, 1.807) is 6.33 Å². The summed E-state index contributed by atoms with van der Waals surface area (Å²) in [6.07, 6.45) is 5.24. The topological polar surface area (TPSA) is 37.8 Å². The first-order valence-electron chi connectivity index (χ1n) is 6.59. The molecule has 0 atom stereocenters. The Hall–Kier alpha value is -1.46. The fourth-order valence-electron chi connectivity index (χ4n) is 2.73. The van der Waals surface area contributed by atoms with Gasteiger partial charge in [0.25, 0.3) is 0 Å². The van der Waals surface area contributed by atoms with Crippen molar-refractivity contribution in [2.24, 2.45) is 0 Å². The number of nitrogens with one attached hydrogen (secondary N) is 1. The van der Waals surface area contributed by atoms with E-state index in [4.69, 9.17) is 0 Å². The molecule has 1 N–H and O–H groups in total. The SMILES string of the molecule is Brc1cccc(Nc2ncnc3sc4c(c23)CCC4)c1. The summed E-state index contributed by atoms with van der Waals surface area (Å²) < 4.78 is 1.06. The Morgan fingerprint density at radius 2 is 2.15 bits per heavy atom. The molecule has 2 aromatic heterocycles. The van der Waals surface area contributed by atoms with Crippen LogP contribution in [0.3, 0.4) is 0 Å². The van der Waals surface area contributed by atoms with E-state index in [9.17, 15) is 0 Å². The van der Waals surface area contributed by atoms with Gasteiger partial charge in [0.15, 0.2) is 0 Å². The molecule has 0 bridgehead atoms. The number of aromatic nitrogens is 2. The third-order valence-electron chi connectivity index (χ3n) is 3.59. The number of hydrogen-bond donors (Lipinski definition) is 1. The second-order valence-electron chi connectivity index (χ2n) is 4.90. The number of benzene rings is 1. The number of rotatable bonds is 2. The standard InChI is InChI=1S/C15H12BrN3S/c16-9-3-1-4-10(7-9)19-14-13-11-5-2-6-12(11)20-15(13)18-8-17-14/h1,3-4,7-8H,2,5-6H2,(H,17,18,19). The largest absolute Gasteiger partial charge is 0.340 e. The molecule has 4 rings (SSSR count). The van der Waals surface area contributed by atoms with Crippen molar-refractivity contribution in [3.63, 3.8) is 0 Å². The molecular weight excluding hydrogens is 334 g/mol. The number of halogens is 1. The highest BCUT2D eigenvalue weighted by atomic mass is 79.9. The van der Waals surface area contributed by atoms with E-state index in [2.05, 4.69) is 37.3 Å². The monoisotopic (exact) mass is 345 g/mol. The Bertz CT molecular complexity index is 797. The summed E-state index contributed by atoms with van der Waals surface area (Å²) in [5.74, 6) is 0.924. The fourth-order valence-corrected chi connectivity index (χ4v) is 4.35. The van der Waals surface area contributed by atoms with Gasteiger partial charge in [-0.1, -0.05) is 22.0 Å². The minimum absolute atomic E-state index is 0.924. The highest BCUT2D eigenvalue weighted by molar-refractivity contribution is 9.10. The predicted octanol–water partition coefficient (Wildman–Crippen LogP) is 4.69. The first kappa shape index (κ1) is 12.3. The van der Waals surface area contributed by atoms with Crippen LogP contribution in [0.25, 0.3) is 10.2 Å². The van der Waals surface area contributed by atoms with Crippen molar-refractivity contribution in [2.45, 2.75) is 19.3 Å². The molecule has 1 aromatic carbocycles. The minimum atomic E-state index is 0.924. The van der Waals surface area contributed by atoms with Gasteiger partial charge in [-0.25, -0.2) is 9.97 Å². The van der Waals surface area contributed by atoms with Crippen molar-refractivity contribution in [3.8, 4) is 0 Å². The summed E-state index contributed by atoms with van der Waals surface area (Å²) in [6.45, 7) is 0. The minimum Gasteiger partial charge on any atom is -0.340 e. The van der Waals surface area contributed by atoms with Gasteiger partial charge in [-0.15, -0.1) is 11.3 Å². The van der Waals surface area contributed by atoms with Gasteiger partial charge in [-0.3, -0.25) is 0 Å². The average molecular weight is 346 g/mol. The Labute approximate surface area is 129 Å². The van der Waals surface area contributed by atoms with Gasteiger partial charge in [0.1, 0.15) is 17.0 Å². The highest BCUT2D eigenvalue weighted by Gasteiger charge is 2.21. The van der Waals surface area contributed by atoms with Crippen LogP contribution in [-0.2, 0) is 12.8 Å². The number of thiophene rings is 1. The number of aryl methyl sites for hydroxylation is 2. The Morgan fingerprint density at radius 1 is 1.20 bits per heavy atom. The highest BCUT2D eigenvalue weighted by Crippen LogP contribution is 2.39. The van der Waals surface area contributed by atoms with Crippen LogP contribution < -0.4 is 5.32 Å². The van der Waals surface area contributed by atoms with E-state index in [0.717, 1.165) is 27.2 Å². The molecule has 0 saturated carbocycles. The maximum atomic E-state index is 4.45. The molecule has 0 amide bonds. The van der Waals surface area contributed by atoms with Gasteiger partial charge in [-0.2, -0.15) is 0 Å². The lowest BCUT2D eigenvalue weighted by Gasteiger charge is -2.07. The first-order chi connectivity index (χ1) is 9.81. The first-order valence-corrected chi connectivity index (χ1v) is 8.20. The molecule has 3 aromatic rings. The summed E-state index contributed by atoms with van der Waals surface area (Å²) in [4.78, 5) is 11.5. The van der Waals surface area contributed by atoms with Gasteiger partial charge in [-0.05, 0) is 43.0 Å². The third-order valence-corrected chi connectivity index (χ3v) is 5.28. The lowest BCUT2D eigenvalue weighted by Crippen LogP contribution is -1.96. The molecule has 3 nitrogen and oxygen atoms in total. The van der Waals surface area contributed by atoms with Crippen molar-refractivity contribution in [2.75, 3.05) is 5.32 Å². The van der Waals surface area contributed by atoms with E-state index in [1.807, 2.05) is 29.5 Å². The van der Waals surface area contributed by atoms with Gasteiger partial charge in [0.05, 0.1) is 5.39 Å². The number of hydrogen-bond acceptors (Lipinski definition) is 4. The summed E-state index contributed by atoms with van der Waals surface area (Å²) in [6, 6.07) is 8.14. The van der Waals surface area contributed by atoms with Gasteiger partial charge < -0.3 is 5.32 Å². The molecule has 5 heteroatoms. The van der Waals surface area contributed by atoms with Crippen molar-refractivity contribution >= 4 is 49.0 Å². The Kier molecular flexibility index (Phi) is 2.97. The molecular formula is C15H12BrN3S. The van der Waals surface area contributed by atoms with Crippen LogP contribution >= 0.6 is 27.3 Å². The maximum Gasteiger partial charge on any atom is 0.142 e. The molecule has 2 heterocycles. The van der Waals surface area contributed by atoms with Crippen LogP contribution in [0.15, 0.2) is 35.1 Å². The third kappa shape index (κ3) is 2.01. The van der Waals surface area contributed by atoms with Crippen LogP contribution in [-0.4, -0.2) is 9.97 Å². The van der Waals surface area contributed by atoms with Gasteiger partial charge in [0, 0.05) is 15.0 Å². The molecule has 0 unspecified atom stereocenters. The molecule has 0 aliphatic heterocycles. The molecule has 0 fully saturated rings. The van der Waals surface area contributed by atoms with Crippen LogP contribution in [0, 0.1) is 0 Å². The zero-order valence-electron chi connectivity index (χ0n) is 10.7. The average Bonchev–Trinajstić information content (AvgIpc) is 2.99. The number of fused-ring (bicyclic) bond motifs is 3. The Balaban J connectivity index is 1.83. The zero-order valence-corrected chi connectivity index (χ0v) is 13.1. The maximum absolute atomic E-state index is 4.45. The van der Waals surface area contributed by atoms with Gasteiger partial charge in [0.2, 0.25) is 0 Å².